The van der Waals surface area contributed by atoms with Crippen molar-refractivity contribution in [2.75, 3.05) is 19.4 Å². The minimum atomic E-state index is -0.648. The van der Waals surface area contributed by atoms with Crippen LogP contribution in [0.5, 0.6) is 0 Å². The highest BCUT2D eigenvalue weighted by Crippen LogP contribution is 2.29. The summed E-state index contributed by atoms with van der Waals surface area (Å²) < 4.78 is 0. The monoisotopic (exact) mass is 277 g/mol. The fourth-order valence-electron chi connectivity index (χ4n) is 1.69. The summed E-state index contributed by atoms with van der Waals surface area (Å²) in [5, 5.41) is 2.96. The van der Waals surface area contributed by atoms with Crippen LogP contribution in [0.2, 0.25) is 0 Å². The fourth-order valence-corrected chi connectivity index (χ4v) is 1.69. The molecule has 1 rings (SSSR count). The van der Waals surface area contributed by atoms with E-state index in [0.717, 1.165) is 17.8 Å². The number of nitrogens with two attached hydrogens (primary N) is 1. The zero-order valence-electron chi connectivity index (χ0n) is 13.4. The first kappa shape index (κ1) is 16.7. The molecular weight excluding hydrogens is 250 g/mol. The predicted molar refractivity (Wildman–Crippen MR) is 84.5 cm³/mol. The highest BCUT2D eigenvalue weighted by Gasteiger charge is 2.40. The molecule has 4 nitrogen and oxygen atoms in total. The van der Waals surface area contributed by atoms with E-state index in [0.29, 0.717) is 0 Å². The molecule has 1 aromatic rings. The molecule has 112 valence electrons. The average molecular weight is 277 g/mol. The van der Waals surface area contributed by atoms with Crippen molar-refractivity contribution in [2.45, 2.75) is 39.8 Å². The molecule has 0 atom stereocenters. The van der Waals surface area contributed by atoms with Crippen LogP contribution in [-0.4, -0.2) is 30.4 Å². The maximum atomic E-state index is 12.4. The van der Waals surface area contributed by atoms with E-state index >= 15 is 0 Å². The molecule has 0 unspecified atom stereocenters. The van der Waals surface area contributed by atoms with Crippen LogP contribution in [-0.2, 0) is 11.3 Å². The molecule has 20 heavy (non-hydrogen) atoms. The quantitative estimate of drug-likeness (QED) is 0.869. The van der Waals surface area contributed by atoms with Gasteiger partial charge < -0.3 is 16.0 Å². The van der Waals surface area contributed by atoms with Crippen molar-refractivity contribution in [3.8, 4) is 0 Å². The molecule has 0 saturated heterocycles. The molecule has 4 heteroatoms. The number of amides is 1. The van der Waals surface area contributed by atoms with Gasteiger partial charge in [-0.1, -0.05) is 12.1 Å². The maximum Gasteiger partial charge on any atom is 0.231 e. The number of benzene rings is 1. The number of nitrogens with one attached hydrogen (secondary N) is 1. The van der Waals surface area contributed by atoms with E-state index in [9.17, 15) is 4.79 Å². The summed E-state index contributed by atoms with van der Waals surface area (Å²) in [7, 11) is 4.04. The largest absolute Gasteiger partial charge is 0.326 e. The first-order valence-electron chi connectivity index (χ1n) is 6.88. The Balaban J connectivity index is 2.86. The van der Waals surface area contributed by atoms with E-state index in [-0.39, 0.29) is 5.91 Å². The minimum Gasteiger partial charge on any atom is -0.326 e. The molecule has 0 bridgehead atoms. The summed E-state index contributed by atoms with van der Waals surface area (Å²) in [5.74, 6) is -0.0630. The van der Waals surface area contributed by atoms with Gasteiger partial charge in [0.15, 0.2) is 0 Å². The van der Waals surface area contributed by atoms with Crippen LogP contribution in [0.3, 0.4) is 0 Å². The molecule has 0 fully saturated rings. The van der Waals surface area contributed by atoms with E-state index in [2.05, 4.69) is 10.2 Å². The van der Waals surface area contributed by atoms with E-state index in [1.807, 2.05) is 66.1 Å². The van der Waals surface area contributed by atoms with Gasteiger partial charge in [0.1, 0.15) is 0 Å². The minimum absolute atomic E-state index is 0.0630. The zero-order chi connectivity index (χ0) is 15.6. The van der Waals surface area contributed by atoms with Crippen molar-refractivity contribution < 1.29 is 4.79 Å². The lowest BCUT2D eigenvalue weighted by atomic mass is 9.74. The molecule has 0 saturated carbocycles. The van der Waals surface area contributed by atoms with Gasteiger partial charge in [-0.2, -0.15) is 0 Å². The molecule has 0 aromatic heterocycles. The Morgan fingerprint density at radius 2 is 1.85 bits per heavy atom. The molecule has 1 aromatic carbocycles. The molecule has 0 spiro atoms. The summed E-state index contributed by atoms with van der Waals surface area (Å²) in [6.45, 7) is 8.32. The number of nitrogens with zero attached hydrogens (tertiary/aromatic N) is 1. The standard InChI is InChI=1S/C16H27N3O/c1-15(2,16(3,4)17)14(20)18-13-9-7-8-12(10-13)11-19(5)6/h7-10H,11,17H2,1-6H3,(H,18,20). The first-order valence-corrected chi connectivity index (χ1v) is 6.88. The third kappa shape index (κ3) is 4.05. The Morgan fingerprint density at radius 1 is 1.25 bits per heavy atom. The van der Waals surface area contributed by atoms with Crippen molar-refractivity contribution in [1.82, 2.24) is 4.90 Å². The van der Waals surface area contributed by atoms with Crippen LogP contribution in [0.25, 0.3) is 0 Å². The SMILES string of the molecule is CN(C)Cc1cccc(NC(=O)C(C)(C)C(C)(C)N)c1. The third-order valence-corrected chi connectivity index (χ3v) is 3.86. The number of hydrogen-bond donors (Lipinski definition) is 2. The summed E-state index contributed by atoms with van der Waals surface area (Å²) in [5.41, 5.74) is 6.84. The second kappa shape index (κ2) is 5.94. The topological polar surface area (TPSA) is 58.4 Å². The van der Waals surface area contributed by atoms with E-state index in [1.54, 1.807) is 0 Å². The Kier molecular flexibility index (Phi) is 4.95. The molecule has 3 N–H and O–H groups in total. The summed E-state index contributed by atoms with van der Waals surface area (Å²) >= 11 is 0. The molecule has 1 amide bonds. The molecular formula is C16H27N3O. The van der Waals surface area contributed by atoms with E-state index in [1.165, 1.54) is 0 Å². The summed E-state index contributed by atoms with van der Waals surface area (Å²) in [6.07, 6.45) is 0. The number of rotatable bonds is 5. The number of anilines is 1. The number of carbonyl (C=O) groups is 1. The van der Waals surface area contributed by atoms with Gasteiger partial charge in [-0.3, -0.25) is 4.79 Å². The Morgan fingerprint density at radius 3 is 2.35 bits per heavy atom. The van der Waals surface area contributed by atoms with Gasteiger partial charge in [0.2, 0.25) is 5.91 Å². The highest BCUT2D eigenvalue weighted by molar-refractivity contribution is 5.95. The lowest BCUT2D eigenvalue weighted by Crippen LogP contribution is -2.53. The van der Waals surface area contributed by atoms with Crippen LogP contribution < -0.4 is 11.1 Å². The Bertz CT molecular complexity index is 473. The van der Waals surface area contributed by atoms with E-state index in [4.69, 9.17) is 5.73 Å². The second-order valence-corrected chi connectivity index (χ2v) is 6.74. The number of hydrogen-bond acceptors (Lipinski definition) is 3. The highest BCUT2D eigenvalue weighted by atomic mass is 16.2. The molecule has 0 radical (unpaired) electrons. The van der Waals surface area contributed by atoms with Crippen LogP contribution >= 0.6 is 0 Å². The summed E-state index contributed by atoms with van der Waals surface area (Å²) in [6, 6.07) is 7.90. The first-order chi connectivity index (χ1) is 9.04. The fraction of sp³-hybridized carbons (Fsp3) is 0.562. The Labute approximate surface area is 122 Å². The van der Waals surface area contributed by atoms with Gasteiger partial charge >= 0.3 is 0 Å². The molecule has 0 aliphatic carbocycles. The smallest absolute Gasteiger partial charge is 0.231 e. The van der Waals surface area contributed by atoms with Gasteiger partial charge in [0.05, 0.1) is 5.41 Å². The van der Waals surface area contributed by atoms with Crippen LogP contribution in [0.4, 0.5) is 5.69 Å². The van der Waals surface area contributed by atoms with Crippen LogP contribution in [0, 0.1) is 5.41 Å². The van der Waals surface area contributed by atoms with Crippen molar-refractivity contribution >= 4 is 11.6 Å². The second-order valence-electron chi connectivity index (χ2n) is 6.74. The van der Waals surface area contributed by atoms with E-state index < -0.39 is 11.0 Å². The lowest BCUT2D eigenvalue weighted by Gasteiger charge is -2.36. The van der Waals surface area contributed by atoms with Crippen molar-refractivity contribution in [3.63, 3.8) is 0 Å². The van der Waals surface area contributed by atoms with Gasteiger partial charge in [-0.15, -0.1) is 0 Å². The lowest BCUT2D eigenvalue weighted by molar-refractivity contribution is -0.126. The summed E-state index contributed by atoms with van der Waals surface area (Å²) in [4.78, 5) is 14.5. The molecule has 0 aliphatic heterocycles. The van der Waals surface area contributed by atoms with Crippen LogP contribution in [0.15, 0.2) is 24.3 Å². The molecule has 0 heterocycles. The maximum absolute atomic E-state index is 12.4. The Hall–Kier alpha value is -1.39. The zero-order valence-corrected chi connectivity index (χ0v) is 13.4. The average Bonchev–Trinajstić information content (AvgIpc) is 2.26. The van der Waals surface area contributed by atoms with Crippen molar-refractivity contribution in [2.24, 2.45) is 11.1 Å². The van der Waals surface area contributed by atoms with Crippen molar-refractivity contribution in [1.29, 1.82) is 0 Å². The van der Waals surface area contributed by atoms with Gasteiger partial charge in [0, 0.05) is 17.8 Å². The van der Waals surface area contributed by atoms with Gasteiger partial charge in [0.25, 0.3) is 0 Å². The van der Waals surface area contributed by atoms with Crippen molar-refractivity contribution in [3.05, 3.63) is 29.8 Å². The normalized spacial score (nSPS) is 12.6. The van der Waals surface area contributed by atoms with Gasteiger partial charge in [-0.05, 0) is 59.5 Å². The predicted octanol–water partition coefficient (Wildman–Crippen LogP) is 2.45. The van der Waals surface area contributed by atoms with Gasteiger partial charge in [-0.25, -0.2) is 0 Å². The third-order valence-electron chi connectivity index (χ3n) is 3.86. The number of carbonyl (C=O) groups excluding carboxylic acids is 1. The molecule has 0 aliphatic rings. The van der Waals surface area contributed by atoms with Crippen LogP contribution in [0.1, 0.15) is 33.3 Å².